The Hall–Kier alpha value is -1.73. The van der Waals surface area contributed by atoms with Crippen molar-refractivity contribution in [3.05, 3.63) is 0 Å². The van der Waals surface area contributed by atoms with Crippen molar-refractivity contribution in [2.24, 2.45) is 0 Å². The number of aromatic nitrogens is 3. The van der Waals surface area contributed by atoms with E-state index in [1.807, 2.05) is 27.7 Å². The molecule has 0 saturated heterocycles. The Bertz CT molecular complexity index is 317. The van der Waals surface area contributed by atoms with Crippen LogP contribution >= 0.6 is 0 Å². The second kappa shape index (κ2) is 6.27. The minimum absolute atomic E-state index is 0.0682. The van der Waals surface area contributed by atoms with Crippen molar-refractivity contribution in [1.29, 1.82) is 0 Å². The van der Waals surface area contributed by atoms with Crippen molar-refractivity contribution in [3.63, 3.8) is 0 Å². The molecule has 2 N–H and O–H groups in total. The van der Waals surface area contributed by atoms with Gasteiger partial charge in [0.25, 0.3) is 0 Å². The van der Waals surface area contributed by atoms with E-state index in [0.717, 1.165) is 0 Å². The fraction of sp³-hybridized carbons (Fsp3) is 0.700. The van der Waals surface area contributed by atoms with Gasteiger partial charge in [0.15, 0.2) is 0 Å². The van der Waals surface area contributed by atoms with Gasteiger partial charge in [0.1, 0.15) is 0 Å². The van der Waals surface area contributed by atoms with Gasteiger partial charge in [0.2, 0.25) is 11.9 Å². The summed E-state index contributed by atoms with van der Waals surface area (Å²) in [6.45, 7) is 4.56. The summed E-state index contributed by atoms with van der Waals surface area (Å²) in [4.78, 5) is 11.5. The molecule has 0 bridgehead atoms. The summed E-state index contributed by atoms with van der Waals surface area (Å²) in [6.07, 6.45) is 0. The van der Waals surface area contributed by atoms with E-state index in [2.05, 4.69) is 30.3 Å². The van der Waals surface area contributed by atoms with E-state index >= 15 is 0 Å². The lowest BCUT2D eigenvalue weighted by Gasteiger charge is -2.13. The number of alkyl halides is 2. The maximum absolute atomic E-state index is 12.1. The van der Waals surface area contributed by atoms with Gasteiger partial charge in [0, 0.05) is 12.1 Å². The Morgan fingerprint density at radius 3 is 1.67 bits per heavy atom. The van der Waals surface area contributed by atoms with Crippen LogP contribution in [0, 0.1) is 0 Å². The maximum atomic E-state index is 12.1. The average molecular weight is 261 g/mol. The van der Waals surface area contributed by atoms with Crippen molar-refractivity contribution in [2.75, 3.05) is 10.6 Å². The van der Waals surface area contributed by atoms with Crippen LogP contribution in [0.5, 0.6) is 6.01 Å². The zero-order valence-electron chi connectivity index (χ0n) is 10.7. The minimum Gasteiger partial charge on any atom is -0.401 e. The average Bonchev–Trinajstić information content (AvgIpc) is 2.12. The fourth-order valence-corrected chi connectivity index (χ4v) is 1.13. The van der Waals surface area contributed by atoms with E-state index in [1.165, 1.54) is 0 Å². The van der Waals surface area contributed by atoms with Crippen molar-refractivity contribution in [1.82, 2.24) is 15.0 Å². The third-order valence-electron chi connectivity index (χ3n) is 1.64. The van der Waals surface area contributed by atoms with Gasteiger partial charge in [-0.3, -0.25) is 0 Å². The molecule has 1 rings (SSSR count). The van der Waals surface area contributed by atoms with Gasteiger partial charge < -0.3 is 15.4 Å². The second-order valence-electron chi connectivity index (χ2n) is 4.24. The van der Waals surface area contributed by atoms with Crippen LogP contribution < -0.4 is 15.4 Å². The normalized spacial score (nSPS) is 11.2. The molecule has 0 aliphatic carbocycles. The highest BCUT2D eigenvalue weighted by Crippen LogP contribution is 2.14. The van der Waals surface area contributed by atoms with Crippen LogP contribution in [0.1, 0.15) is 27.7 Å². The van der Waals surface area contributed by atoms with Gasteiger partial charge in [-0.15, -0.1) is 0 Å². The van der Waals surface area contributed by atoms with Crippen molar-refractivity contribution < 1.29 is 13.5 Å². The van der Waals surface area contributed by atoms with Gasteiger partial charge in [0.05, 0.1) is 0 Å². The van der Waals surface area contributed by atoms with Crippen LogP contribution in [0.15, 0.2) is 0 Å². The third-order valence-corrected chi connectivity index (χ3v) is 1.64. The second-order valence-corrected chi connectivity index (χ2v) is 4.24. The lowest BCUT2D eigenvalue weighted by molar-refractivity contribution is -0.0559. The first-order valence-electron chi connectivity index (χ1n) is 5.60. The Labute approximate surface area is 104 Å². The molecule has 18 heavy (non-hydrogen) atoms. The summed E-state index contributed by atoms with van der Waals surface area (Å²) in [7, 11) is 0. The van der Waals surface area contributed by atoms with E-state index in [-0.39, 0.29) is 24.0 Å². The van der Waals surface area contributed by atoms with Crippen molar-refractivity contribution >= 4 is 11.9 Å². The van der Waals surface area contributed by atoms with Crippen LogP contribution in [-0.2, 0) is 0 Å². The monoisotopic (exact) mass is 261 g/mol. The molecule has 1 aromatic heterocycles. The number of halogens is 2. The number of rotatable bonds is 6. The van der Waals surface area contributed by atoms with E-state index in [4.69, 9.17) is 0 Å². The quantitative estimate of drug-likeness (QED) is 0.817. The van der Waals surface area contributed by atoms with Crippen LogP contribution in [-0.4, -0.2) is 33.6 Å². The highest BCUT2D eigenvalue weighted by molar-refractivity contribution is 5.36. The molecule has 0 atom stereocenters. The first kappa shape index (κ1) is 14.3. The summed E-state index contributed by atoms with van der Waals surface area (Å²) >= 11 is 0. The number of nitrogens with zero attached hydrogens (tertiary/aromatic N) is 3. The van der Waals surface area contributed by atoms with Crippen LogP contribution in [0.25, 0.3) is 0 Å². The zero-order valence-corrected chi connectivity index (χ0v) is 10.7. The molecule has 0 aliphatic rings. The Balaban J connectivity index is 2.95. The summed E-state index contributed by atoms with van der Waals surface area (Å²) in [6, 6.07) is -0.274. The van der Waals surface area contributed by atoms with E-state index < -0.39 is 12.6 Å². The lowest BCUT2D eigenvalue weighted by Crippen LogP contribution is -2.18. The number of hydrogen-bond acceptors (Lipinski definition) is 6. The van der Waals surface area contributed by atoms with E-state index in [0.29, 0.717) is 0 Å². The predicted octanol–water partition coefficient (Wildman–Crippen LogP) is 2.11. The number of hydrogen-bond donors (Lipinski definition) is 2. The van der Waals surface area contributed by atoms with Gasteiger partial charge in [-0.25, -0.2) is 0 Å². The number of ether oxygens (including phenoxy) is 1. The molecule has 0 aliphatic heterocycles. The fourth-order valence-electron chi connectivity index (χ4n) is 1.13. The molecular formula is C10H17F2N5O. The Kier molecular flexibility index (Phi) is 4.99. The lowest BCUT2D eigenvalue weighted by atomic mass is 10.4. The maximum Gasteiger partial charge on any atom is 0.389 e. The zero-order chi connectivity index (χ0) is 13.7. The third kappa shape index (κ3) is 5.07. The van der Waals surface area contributed by atoms with Gasteiger partial charge in [-0.1, -0.05) is 0 Å². The minimum atomic E-state index is -2.97. The highest BCUT2D eigenvalue weighted by Gasteiger charge is 2.12. The molecule has 0 aromatic carbocycles. The Morgan fingerprint density at radius 2 is 1.33 bits per heavy atom. The van der Waals surface area contributed by atoms with E-state index in [9.17, 15) is 8.78 Å². The van der Waals surface area contributed by atoms with E-state index in [1.54, 1.807) is 0 Å². The molecule has 0 saturated carbocycles. The molecule has 0 fully saturated rings. The van der Waals surface area contributed by atoms with Gasteiger partial charge in [-0.2, -0.15) is 23.7 Å². The summed E-state index contributed by atoms with van der Waals surface area (Å²) < 4.78 is 28.5. The smallest absolute Gasteiger partial charge is 0.389 e. The first-order valence-corrected chi connectivity index (χ1v) is 5.60. The van der Waals surface area contributed by atoms with Gasteiger partial charge >= 0.3 is 12.6 Å². The number of anilines is 2. The van der Waals surface area contributed by atoms with Gasteiger partial charge in [-0.05, 0) is 27.7 Å². The van der Waals surface area contributed by atoms with Crippen LogP contribution in [0.2, 0.25) is 0 Å². The van der Waals surface area contributed by atoms with Crippen LogP contribution in [0.3, 0.4) is 0 Å². The highest BCUT2D eigenvalue weighted by atomic mass is 19.3. The van der Waals surface area contributed by atoms with Crippen molar-refractivity contribution in [3.8, 4) is 6.01 Å². The molecule has 1 heterocycles. The summed E-state index contributed by atoms with van der Waals surface area (Å²) in [5, 5.41) is 5.81. The Morgan fingerprint density at radius 1 is 0.889 bits per heavy atom. The molecule has 0 spiro atoms. The molecule has 1 aromatic rings. The number of nitrogens with one attached hydrogen (secondary N) is 2. The summed E-state index contributed by atoms with van der Waals surface area (Å²) in [5.41, 5.74) is 0. The molecule has 102 valence electrons. The predicted molar refractivity (Wildman–Crippen MR) is 64.0 cm³/mol. The molecule has 0 unspecified atom stereocenters. The molecule has 8 heteroatoms. The van der Waals surface area contributed by atoms with Crippen molar-refractivity contribution in [2.45, 2.75) is 46.4 Å². The van der Waals surface area contributed by atoms with Crippen LogP contribution in [0.4, 0.5) is 20.7 Å². The first-order chi connectivity index (χ1) is 8.36. The standard InChI is InChI=1S/C10H17F2N5O/c1-5(2)13-8-15-9(14-6(3)4)17-10(16-8)18-7(11)12/h5-7H,1-4H3,(H2,13,14,15,16,17). The molecule has 0 radical (unpaired) electrons. The summed E-state index contributed by atoms with van der Waals surface area (Å²) in [5.74, 6) is 0.387. The molecule has 0 amide bonds. The SMILES string of the molecule is CC(C)Nc1nc(NC(C)C)nc(OC(F)F)n1. The molecule has 6 nitrogen and oxygen atoms in total. The molecular weight excluding hydrogens is 244 g/mol. The largest absolute Gasteiger partial charge is 0.401 e. The topological polar surface area (TPSA) is 72.0 Å².